The van der Waals surface area contributed by atoms with Crippen molar-refractivity contribution in [1.82, 2.24) is 9.80 Å². The predicted molar refractivity (Wildman–Crippen MR) is 156 cm³/mol. The summed E-state index contributed by atoms with van der Waals surface area (Å²) < 4.78 is 53.9. The van der Waals surface area contributed by atoms with E-state index < -0.39 is 17.4 Å². The van der Waals surface area contributed by atoms with E-state index in [4.69, 9.17) is 9.47 Å². The smallest absolute Gasteiger partial charge is 0.497 e. The maximum atomic E-state index is 13.4. The maximum absolute atomic E-state index is 13.4. The van der Waals surface area contributed by atoms with Crippen LogP contribution in [0.25, 0.3) is 6.08 Å². The lowest BCUT2D eigenvalue weighted by atomic mass is 9.55. The number of halogens is 3. The van der Waals surface area contributed by atoms with E-state index in [0.717, 1.165) is 30.8 Å². The summed E-state index contributed by atoms with van der Waals surface area (Å²) >= 11 is 0. The Kier molecular flexibility index (Phi) is 8.79. The molecular formula is C33H39F3N2O5. The molecule has 2 saturated carbocycles. The molecule has 10 heteroatoms. The number of piperidine rings is 1. The normalized spacial score (nSPS) is 26.0. The molecule has 7 nitrogen and oxygen atoms in total. The van der Waals surface area contributed by atoms with Crippen molar-refractivity contribution in [1.29, 1.82) is 0 Å². The number of carbonyl (C=O) groups excluding carboxylic acids is 2. The van der Waals surface area contributed by atoms with Gasteiger partial charge in [0.1, 0.15) is 17.1 Å². The molecule has 0 aromatic heterocycles. The molecule has 3 aliphatic rings. The molecule has 1 heterocycles. The van der Waals surface area contributed by atoms with Crippen molar-refractivity contribution in [3.8, 4) is 11.5 Å². The molecule has 3 unspecified atom stereocenters. The molecule has 2 aromatic carbocycles. The number of methoxy groups -OCH3 is 1. The highest BCUT2D eigenvalue weighted by atomic mass is 19.4. The molecule has 2 aromatic rings. The number of hydrogen-bond donors (Lipinski definition) is 0. The van der Waals surface area contributed by atoms with E-state index in [-0.39, 0.29) is 23.7 Å². The highest BCUT2D eigenvalue weighted by molar-refractivity contribution is 5.91. The lowest BCUT2D eigenvalue weighted by molar-refractivity contribution is -0.274. The van der Waals surface area contributed by atoms with Crippen LogP contribution in [-0.4, -0.2) is 73.5 Å². The zero-order valence-corrected chi connectivity index (χ0v) is 24.9. The molecule has 3 atom stereocenters. The van der Waals surface area contributed by atoms with E-state index in [1.807, 2.05) is 18.2 Å². The predicted octanol–water partition coefficient (Wildman–Crippen LogP) is 5.97. The Hall–Kier alpha value is -3.53. The van der Waals surface area contributed by atoms with Crippen molar-refractivity contribution in [2.24, 2.45) is 5.92 Å². The van der Waals surface area contributed by atoms with Crippen LogP contribution in [0, 0.1) is 5.92 Å². The second-order valence-electron chi connectivity index (χ2n) is 12.1. The van der Waals surface area contributed by atoms with Gasteiger partial charge in [-0.15, -0.1) is 13.2 Å². The first-order chi connectivity index (χ1) is 20.4. The second kappa shape index (κ2) is 12.2. The summed E-state index contributed by atoms with van der Waals surface area (Å²) in [4.78, 5) is 30.2. The minimum atomic E-state index is -4.80. The van der Waals surface area contributed by atoms with Gasteiger partial charge in [-0.05, 0) is 92.5 Å². The van der Waals surface area contributed by atoms with Crippen molar-refractivity contribution in [3.05, 3.63) is 65.7 Å². The Morgan fingerprint density at radius 3 is 2.51 bits per heavy atom. The van der Waals surface area contributed by atoms with E-state index in [0.29, 0.717) is 37.3 Å². The molecular weight excluding hydrogens is 561 g/mol. The van der Waals surface area contributed by atoms with Crippen molar-refractivity contribution in [3.63, 3.8) is 0 Å². The number of carbonyl (C=O) groups is 2. The number of ether oxygens (including phenoxy) is 3. The lowest BCUT2D eigenvalue weighted by Gasteiger charge is -2.60. The van der Waals surface area contributed by atoms with E-state index in [9.17, 15) is 22.8 Å². The Labute approximate surface area is 250 Å². The quantitative estimate of drug-likeness (QED) is 0.261. The van der Waals surface area contributed by atoms with Crippen molar-refractivity contribution >= 4 is 18.0 Å². The molecule has 0 radical (unpaired) electrons. The first kappa shape index (κ1) is 30.9. The van der Waals surface area contributed by atoms with Crippen LogP contribution in [0.5, 0.6) is 11.5 Å². The summed E-state index contributed by atoms with van der Waals surface area (Å²) in [7, 11) is 3.38. The Bertz CT molecular complexity index is 1360. The molecule has 232 valence electrons. The van der Waals surface area contributed by atoms with Crippen LogP contribution in [0.3, 0.4) is 0 Å². The molecule has 5 rings (SSSR count). The van der Waals surface area contributed by atoms with Crippen LogP contribution in [0.4, 0.5) is 13.2 Å². The molecule has 2 aliphatic carbocycles. The van der Waals surface area contributed by atoms with Gasteiger partial charge in [0.25, 0.3) is 0 Å². The first-order valence-corrected chi connectivity index (χ1v) is 14.8. The Morgan fingerprint density at radius 1 is 1.07 bits per heavy atom. The van der Waals surface area contributed by atoms with Gasteiger partial charge in [-0.2, -0.15) is 0 Å². The number of likely N-dealkylation sites (N-methyl/N-ethyl adjacent to an activating group) is 1. The molecule has 3 fully saturated rings. The molecule has 1 saturated heterocycles. The SMILES string of the molecule is COc1cccc(C23CCN(CC4CC4)CC2(OC(C)=O)CCC(N(C)C(=O)/C=C/c2cccc(OC(F)(F)F)c2)C3)c1. The van der Waals surface area contributed by atoms with Crippen LogP contribution >= 0.6 is 0 Å². The Balaban J connectivity index is 1.41. The van der Waals surface area contributed by atoms with Crippen LogP contribution < -0.4 is 9.47 Å². The van der Waals surface area contributed by atoms with E-state index >= 15 is 0 Å². The van der Waals surface area contributed by atoms with Crippen LogP contribution in [0.1, 0.15) is 56.6 Å². The number of fused-ring (bicyclic) bond motifs is 1. The zero-order chi connectivity index (χ0) is 30.8. The highest BCUT2D eigenvalue weighted by Crippen LogP contribution is 2.55. The molecule has 1 aliphatic heterocycles. The summed E-state index contributed by atoms with van der Waals surface area (Å²) in [5.74, 6) is 0.488. The minimum absolute atomic E-state index is 0.151. The van der Waals surface area contributed by atoms with Gasteiger partial charge in [-0.3, -0.25) is 14.5 Å². The average Bonchev–Trinajstić information content (AvgIpc) is 3.78. The Morgan fingerprint density at radius 2 is 1.81 bits per heavy atom. The molecule has 1 amide bonds. The van der Waals surface area contributed by atoms with Crippen LogP contribution in [-0.2, 0) is 19.7 Å². The van der Waals surface area contributed by atoms with Gasteiger partial charge in [0.05, 0.1) is 7.11 Å². The number of rotatable bonds is 9. The first-order valence-electron chi connectivity index (χ1n) is 14.8. The number of esters is 1. The van der Waals surface area contributed by atoms with Gasteiger partial charge in [-0.1, -0.05) is 24.3 Å². The van der Waals surface area contributed by atoms with E-state index in [2.05, 4.69) is 15.7 Å². The van der Waals surface area contributed by atoms with Gasteiger partial charge < -0.3 is 19.1 Å². The highest BCUT2D eigenvalue weighted by Gasteiger charge is 2.61. The second-order valence-corrected chi connectivity index (χ2v) is 12.1. The largest absolute Gasteiger partial charge is 0.573 e. The summed E-state index contributed by atoms with van der Waals surface area (Å²) in [5, 5.41) is 0. The molecule has 43 heavy (non-hydrogen) atoms. The van der Waals surface area contributed by atoms with E-state index in [1.165, 1.54) is 50.1 Å². The number of benzene rings is 2. The third-order valence-corrected chi connectivity index (χ3v) is 9.25. The third kappa shape index (κ3) is 7.00. The lowest BCUT2D eigenvalue weighted by Crippen LogP contribution is -2.68. The summed E-state index contributed by atoms with van der Waals surface area (Å²) in [5.41, 5.74) is 0.143. The molecule has 0 N–H and O–H groups in total. The van der Waals surface area contributed by atoms with Gasteiger partial charge in [0, 0.05) is 44.6 Å². The number of alkyl halides is 3. The molecule has 0 bridgehead atoms. The minimum Gasteiger partial charge on any atom is -0.497 e. The van der Waals surface area contributed by atoms with Crippen molar-refractivity contribution < 1.29 is 37.0 Å². The van der Waals surface area contributed by atoms with Gasteiger partial charge in [-0.25, -0.2) is 0 Å². The van der Waals surface area contributed by atoms with Crippen molar-refractivity contribution in [2.45, 2.75) is 68.9 Å². The third-order valence-electron chi connectivity index (χ3n) is 9.25. The number of hydrogen-bond acceptors (Lipinski definition) is 6. The average molecular weight is 601 g/mol. The fourth-order valence-corrected chi connectivity index (χ4v) is 7.01. The maximum Gasteiger partial charge on any atom is 0.573 e. The number of likely N-dealkylation sites (tertiary alicyclic amines) is 1. The van der Waals surface area contributed by atoms with Crippen LogP contribution in [0.2, 0.25) is 0 Å². The fourth-order valence-electron chi connectivity index (χ4n) is 7.01. The van der Waals surface area contributed by atoms with Crippen LogP contribution in [0.15, 0.2) is 54.6 Å². The van der Waals surface area contributed by atoms with Gasteiger partial charge in [0.15, 0.2) is 0 Å². The standard InChI is InChI=1S/C33H39F3N2O5/c1-23(39)42-32-15-14-27(37(2)30(40)13-12-24-6-4-9-29(18-24)43-33(34,35)36)20-31(32,26-7-5-8-28(19-26)41-3)16-17-38(22-32)21-25-10-11-25/h4-9,12-13,18-19,25,27H,10-11,14-17,20-22H2,1-3H3/b13-12+. The van der Waals surface area contributed by atoms with Gasteiger partial charge in [0.2, 0.25) is 5.91 Å². The topological polar surface area (TPSA) is 68.3 Å². The number of nitrogens with zero attached hydrogens (tertiary/aromatic N) is 2. The van der Waals surface area contributed by atoms with E-state index in [1.54, 1.807) is 25.1 Å². The molecule has 0 spiro atoms. The monoisotopic (exact) mass is 600 g/mol. The zero-order valence-electron chi connectivity index (χ0n) is 24.9. The number of amides is 1. The fraction of sp³-hybridized carbons (Fsp3) is 0.515. The summed E-state index contributed by atoms with van der Waals surface area (Å²) in [6.07, 6.45) is 3.12. The van der Waals surface area contributed by atoms with Gasteiger partial charge >= 0.3 is 12.3 Å². The van der Waals surface area contributed by atoms with Crippen molar-refractivity contribution in [2.75, 3.05) is 33.8 Å². The summed E-state index contributed by atoms with van der Waals surface area (Å²) in [6.45, 7) is 3.96. The summed E-state index contributed by atoms with van der Waals surface area (Å²) in [6, 6.07) is 13.3.